The van der Waals surface area contributed by atoms with E-state index in [1.54, 1.807) is 26.2 Å². The average molecular weight is 410 g/mol. The van der Waals surface area contributed by atoms with E-state index >= 15 is 0 Å². The van der Waals surface area contributed by atoms with E-state index in [9.17, 15) is 13.2 Å². The van der Waals surface area contributed by atoms with Gasteiger partial charge in [-0.1, -0.05) is 30.3 Å². The van der Waals surface area contributed by atoms with Crippen LogP contribution in [0, 0.1) is 0 Å². The molecule has 1 atom stereocenters. The van der Waals surface area contributed by atoms with E-state index in [0.717, 1.165) is 18.5 Å². The average Bonchev–Trinajstić information content (AvgIpc) is 2.65. The van der Waals surface area contributed by atoms with Gasteiger partial charge in [0, 0.05) is 32.2 Å². The van der Waals surface area contributed by atoms with Crippen molar-refractivity contribution in [1.82, 2.24) is 14.9 Å². The number of nitrogens with one attached hydrogen (secondary N) is 2. The standard InChI is InChI=1S/C19H23N3O3S.ClH/c1-22(2)19(23)15-7-5-8-16(12-15)26(24,25)21-13-18-17-9-4-3-6-14(17)10-11-20-18;/h3-9,12,18,20-21H,10-11,13H2,1-2H3;1H. The first-order chi connectivity index (χ1) is 12.4. The van der Waals surface area contributed by atoms with Crippen LogP contribution in [-0.4, -0.2) is 46.4 Å². The van der Waals surface area contributed by atoms with Crippen LogP contribution < -0.4 is 10.0 Å². The van der Waals surface area contributed by atoms with Crippen molar-refractivity contribution in [2.75, 3.05) is 27.2 Å². The van der Waals surface area contributed by atoms with Crippen LogP contribution in [0.4, 0.5) is 0 Å². The summed E-state index contributed by atoms with van der Waals surface area (Å²) in [5.74, 6) is -0.232. The molecule has 0 spiro atoms. The Balaban J connectivity index is 0.00000261. The quantitative estimate of drug-likeness (QED) is 0.791. The number of amides is 1. The fraction of sp³-hybridized carbons (Fsp3) is 0.316. The van der Waals surface area contributed by atoms with E-state index in [1.807, 2.05) is 18.2 Å². The van der Waals surface area contributed by atoms with Crippen LogP contribution in [0.15, 0.2) is 53.4 Å². The second kappa shape index (κ2) is 8.84. The highest BCUT2D eigenvalue weighted by atomic mass is 35.5. The number of rotatable bonds is 5. The molecule has 0 fully saturated rings. The van der Waals surface area contributed by atoms with Crippen molar-refractivity contribution in [3.63, 3.8) is 0 Å². The fourth-order valence-electron chi connectivity index (χ4n) is 3.11. The van der Waals surface area contributed by atoms with E-state index in [-0.39, 0.29) is 35.8 Å². The molecule has 27 heavy (non-hydrogen) atoms. The highest BCUT2D eigenvalue weighted by molar-refractivity contribution is 7.89. The van der Waals surface area contributed by atoms with Gasteiger partial charge in [-0.25, -0.2) is 13.1 Å². The van der Waals surface area contributed by atoms with Crippen molar-refractivity contribution in [1.29, 1.82) is 0 Å². The summed E-state index contributed by atoms with van der Waals surface area (Å²) >= 11 is 0. The second-order valence-corrected chi connectivity index (χ2v) is 8.30. The molecule has 2 aromatic carbocycles. The van der Waals surface area contributed by atoms with Gasteiger partial charge in [-0.2, -0.15) is 0 Å². The normalized spacial score (nSPS) is 16.1. The van der Waals surface area contributed by atoms with Gasteiger partial charge in [-0.05, 0) is 42.3 Å². The molecule has 0 aromatic heterocycles. The van der Waals surface area contributed by atoms with Gasteiger partial charge in [-0.15, -0.1) is 12.4 Å². The van der Waals surface area contributed by atoms with Crippen molar-refractivity contribution >= 4 is 28.3 Å². The summed E-state index contributed by atoms with van der Waals surface area (Å²) in [6.07, 6.45) is 0.939. The van der Waals surface area contributed by atoms with E-state index in [0.29, 0.717) is 5.56 Å². The number of halogens is 1. The van der Waals surface area contributed by atoms with Crippen LogP contribution in [0.1, 0.15) is 27.5 Å². The molecule has 0 saturated heterocycles. The van der Waals surface area contributed by atoms with Crippen molar-refractivity contribution in [2.45, 2.75) is 17.4 Å². The number of nitrogens with zero attached hydrogens (tertiary/aromatic N) is 1. The Morgan fingerprint density at radius 3 is 2.67 bits per heavy atom. The van der Waals surface area contributed by atoms with E-state index in [1.165, 1.54) is 22.6 Å². The molecule has 2 aromatic rings. The molecule has 1 aliphatic heterocycles. The summed E-state index contributed by atoms with van der Waals surface area (Å²) in [6, 6.07) is 14.1. The van der Waals surface area contributed by atoms with Crippen molar-refractivity contribution in [3.05, 3.63) is 65.2 Å². The summed E-state index contributed by atoms with van der Waals surface area (Å²) in [5, 5.41) is 3.36. The lowest BCUT2D eigenvalue weighted by atomic mass is 9.95. The summed E-state index contributed by atoms with van der Waals surface area (Å²) < 4.78 is 28.0. The largest absolute Gasteiger partial charge is 0.345 e. The van der Waals surface area contributed by atoms with E-state index < -0.39 is 10.0 Å². The maximum atomic E-state index is 12.7. The Morgan fingerprint density at radius 1 is 1.19 bits per heavy atom. The Labute approximate surface area is 166 Å². The molecule has 8 heteroatoms. The van der Waals surface area contributed by atoms with Gasteiger partial charge in [0.1, 0.15) is 0 Å². The molecule has 0 saturated carbocycles. The minimum Gasteiger partial charge on any atom is -0.345 e. The lowest BCUT2D eigenvalue weighted by Gasteiger charge is -2.27. The van der Waals surface area contributed by atoms with Gasteiger partial charge in [0.25, 0.3) is 5.91 Å². The molecule has 146 valence electrons. The van der Waals surface area contributed by atoms with Crippen LogP contribution in [0.5, 0.6) is 0 Å². The molecular weight excluding hydrogens is 386 g/mol. The van der Waals surface area contributed by atoms with Gasteiger partial charge < -0.3 is 10.2 Å². The third kappa shape index (κ3) is 4.87. The Morgan fingerprint density at radius 2 is 1.93 bits per heavy atom. The molecule has 1 amide bonds. The maximum absolute atomic E-state index is 12.7. The number of carbonyl (C=O) groups is 1. The monoisotopic (exact) mass is 409 g/mol. The van der Waals surface area contributed by atoms with Crippen molar-refractivity contribution in [3.8, 4) is 0 Å². The molecule has 1 aliphatic rings. The van der Waals surface area contributed by atoms with E-state index in [2.05, 4.69) is 16.1 Å². The molecule has 1 unspecified atom stereocenters. The van der Waals surface area contributed by atoms with Gasteiger partial charge in [0.2, 0.25) is 10.0 Å². The Hall–Kier alpha value is -1.93. The molecule has 0 radical (unpaired) electrons. The summed E-state index contributed by atoms with van der Waals surface area (Å²) in [4.78, 5) is 13.6. The van der Waals surface area contributed by atoms with Crippen molar-refractivity contribution < 1.29 is 13.2 Å². The first kappa shape index (κ1) is 21.4. The molecule has 2 N–H and O–H groups in total. The molecule has 0 bridgehead atoms. The molecule has 3 rings (SSSR count). The first-order valence-corrected chi connectivity index (χ1v) is 9.99. The number of hydrogen-bond donors (Lipinski definition) is 2. The predicted molar refractivity (Wildman–Crippen MR) is 108 cm³/mol. The zero-order valence-electron chi connectivity index (χ0n) is 15.3. The summed E-state index contributed by atoms with van der Waals surface area (Å²) in [7, 11) is -0.439. The number of carbonyl (C=O) groups excluding carboxylic acids is 1. The number of sulfonamides is 1. The highest BCUT2D eigenvalue weighted by Crippen LogP contribution is 2.22. The molecule has 0 aliphatic carbocycles. The Kier molecular flexibility index (Phi) is 7.00. The van der Waals surface area contributed by atoms with Gasteiger partial charge in [0.15, 0.2) is 0 Å². The number of fused-ring (bicyclic) bond motifs is 1. The Bertz CT molecular complexity index is 916. The van der Waals surface area contributed by atoms with Crippen LogP contribution in [0.25, 0.3) is 0 Å². The zero-order valence-corrected chi connectivity index (χ0v) is 16.9. The van der Waals surface area contributed by atoms with Gasteiger partial charge in [-0.3, -0.25) is 4.79 Å². The lowest BCUT2D eigenvalue weighted by Crippen LogP contribution is -2.38. The van der Waals surface area contributed by atoms with Crippen LogP contribution in [-0.2, 0) is 16.4 Å². The van der Waals surface area contributed by atoms with Crippen LogP contribution in [0.3, 0.4) is 0 Å². The topological polar surface area (TPSA) is 78.5 Å². The van der Waals surface area contributed by atoms with Crippen LogP contribution >= 0.6 is 12.4 Å². The first-order valence-electron chi connectivity index (χ1n) is 8.51. The highest BCUT2D eigenvalue weighted by Gasteiger charge is 2.23. The van der Waals surface area contributed by atoms with Crippen molar-refractivity contribution in [2.24, 2.45) is 0 Å². The molecular formula is C19H24ClN3O3S. The lowest BCUT2D eigenvalue weighted by molar-refractivity contribution is 0.0827. The van der Waals surface area contributed by atoms with Gasteiger partial charge >= 0.3 is 0 Å². The number of benzene rings is 2. The third-order valence-corrected chi connectivity index (χ3v) is 5.91. The second-order valence-electron chi connectivity index (χ2n) is 6.53. The molecule has 1 heterocycles. The van der Waals surface area contributed by atoms with Gasteiger partial charge in [0.05, 0.1) is 4.90 Å². The molecule has 6 nitrogen and oxygen atoms in total. The maximum Gasteiger partial charge on any atom is 0.253 e. The SMILES string of the molecule is CN(C)C(=O)c1cccc(S(=O)(=O)NCC2NCCc3ccccc32)c1.Cl. The fourth-order valence-corrected chi connectivity index (χ4v) is 4.20. The minimum absolute atomic E-state index is 0. The predicted octanol–water partition coefficient (Wildman–Crippen LogP) is 1.98. The number of hydrogen-bond acceptors (Lipinski definition) is 4. The van der Waals surface area contributed by atoms with E-state index in [4.69, 9.17) is 0 Å². The summed E-state index contributed by atoms with van der Waals surface area (Å²) in [6.45, 7) is 1.07. The summed E-state index contributed by atoms with van der Waals surface area (Å²) in [5.41, 5.74) is 2.71. The third-order valence-electron chi connectivity index (χ3n) is 4.49. The van der Waals surface area contributed by atoms with Crippen LogP contribution in [0.2, 0.25) is 0 Å². The minimum atomic E-state index is -3.70. The zero-order chi connectivity index (χ0) is 18.7. The smallest absolute Gasteiger partial charge is 0.253 e.